The molecule has 0 aromatic heterocycles. The van der Waals surface area contributed by atoms with E-state index < -0.39 is 0 Å². The van der Waals surface area contributed by atoms with E-state index in [-0.39, 0.29) is 29.3 Å². The van der Waals surface area contributed by atoms with Crippen LogP contribution in [0.2, 0.25) is 5.02 Å². The van der Waals surface area contributed by atoms with Crippen LogP contribution in [0.15, 0.2) is 18.2 Å². The average molecular weight is 464 g/mol. The Balaban J connectivity index is 1.58. The summed E-state index contributed by atoms with van der Waals surface area (Å²) in [6.07, 6.45) is 0.745. The Morgan fingerprint density at radius 3 is 2.47 bits per heavy atom. The fourth-order valence-corrected chi connectivity index (χ4v) is 5.54. The van der Waals surface area contributed by atoms with Gasteiger partial charge in [0.15, 0.2) is 6.35 Å². The number of halogens is 1. The number of hydrogen-bond acceptors (Lipinski definition) is 8. The molecule has 1 saturated heterocycles. The van der Waals surface area contributed by atoms with E-state index >= 15 is 0 Å². The number of carbonyl (C=O) groups excluding carboxylic acids is 1. The standard InChI is InChI=1S/C23H34ClN5O3/c1-22(2)19(27-14-31-21(28-26-5)29-10-8-16(30)9-11-29)23(3,4)20(22)32-17-7-6-15(13-25)18(24)12-17/h6-7,12,19-21,26-28H,8-11,14H2,1-5H3. The van der Waals surface area contributed by atoms with Crippen LogP contribution in [-0.2, 0) is 9.53 Å². The SMILES string of the molecule is CNNC(OCNC1C(C)(C)C(Oc2ccc(C#N)c(Cl)c2)C1(C)C)N1CCC(=O)CC1. The van der Waals surface area contributed by atoms with Gasteiger partial charge in [-0.2, -0.15) is 5.26 Å². The van der Waals surface area contributed by atoms with E-state index in [0.717, 1.165) is 0 Å². The third kappa shape index (κ3) is 5.09. The van der Waals surface area contributed by atoms with Crippen molar-refractivity contribution in [2.24, 2.45) is 10.8 Å². The molecular weight excluding hydrogens is 430 g/mol. The maximum absolute atomic E-state index is 11.5. The number of hydrogen-bond donors (Lipinski definition) is 3. The molecule has 0 bridgehead atoms. The first-order valence-corrected chi connectivity index (χ1v) is 11.4. The largest absolute Gasteiger partial charge is 0.489 e. The molecule has 0 amide bonds. The molecule has 3 N–H and O–H groups in total. The first-order valence-electron chi connectivity index (χ1n) is 11.0. The lowest BCUT2D eigenvalue weighted by atomic mass is 9.49. The monoisotopic (exact) mass is 463 g/mol. The van der Waals surface area contributed by atoms with Crippen LogP contribution < -0.4 is 20.9 Å². The average Bonchev–Trinajstić information content (AvgIpc) is 2.74. The molecule has 0 radical (unpaired) electrons. The normalized spacial score (nSPS) is 25.6. The lowest BCUT2D eigenvalue weighted by Gasteiger charge is -2.63. The predicted molar refractivity (Wildman–Crippen MR) is 123 cm³/mol. The number of benzene rings is 1. The van der Waals surface area contributed by atoms with Crippen molar-refractivity contribution in [1.29, 1.82) is 5.26 Å². The van der Waals surface area contributed by atoms with Gasteiger partial charge in [-0.1, -0.05) is 39.3 Å². The van der Waals surface area contributed by atoms with Crippen molar-refractivity contribution in [2.75, 3.05) is 26.9 Å². The summed E-state index contributed by atoms with van der Waals surface area (Å²) in [5, 5.41) is 13.0. The lowest BCUT2D eigenvalue weighted by molar-refractivity contribution is -0.183. The topological polar surface area (TPSA) is 98.7 Å². The molecule has 8 nitrogen and oxygen atoms in total. The summed E-state index contributed by atoms with van der Waals surface area (Å²) < 4.78 is 12.4. The van der Waals surface area contributed by atoms with Gasteiger partial charge in [0.25, 0.3) is 0 Å². The van der Waals surface area contributed by atoms with Gasteiger partial charge in [0.2, 0.25) is 0 Å². The molecule has 32 heavy (non-hydrogen) atoms. The van der Waals surface area contributed by atoms with Crippen molar-refractivity contribution >= 4 is 17.4 Å². The third-order valence-corrected chi connectivity index (χ3v) is 6.95. The first kappa shape index (κ1) is 24.9. The number of likely N-dealkylation sites (tertiary alicyclic amines) is 1. The van der Waals surface area contributed by atoms with Crippen LogP contribution in [0.3, 0.4) is 0 Å². The molecule has 1 atom stereocenters. The van der Waals surface area contributed by atoms with Crippen molar-refractivity contribution in [3.05, 3.63) is 28.8 Å². The van der Waals surface area contributed by atoms with E-state index in [1.807, 2.05) is 0 Å². The zero-order chi connectivity index (χ0) is 23.5. The molecule has 1 aromatic rings. The summed E-state index contributed by atoms with van der Waals surface area (Å²) in [5.74, 6) is 0.961. The molecule has 176 valence electrons. The quantitative estimate of drug-likeness (QED) is 0.379. The number of ketones is 1. The number of piperidine rings is 1. The fraction of sp³-hybridized carbons (Fsp3) is 0.652. The molecule has 1 heterocycles. The Hall–Kier alpha value is -1.73. The molecule has 2 fully saturated rings. The van der Waals surface area contributed by atoms with Gasteiger partial charge < -0.3 is 9.47 Å². The van der Waals surface area contributed by atoms with E-state index in [4.69, 9.17) is 26.3 Å². The van der Waals surface area contributed by atoms with Crippen molar-refractivity contribution in [3.63, 3.8) is 0 Å². The van der Waals surface area contributed by atoms with Crippen LogP contribution in [0.5, 0.6) is 5.75 Å². The van der Waals surface area contributed by atoms with Crippen LogP contribution >= 0.6 is 11.6 Å². The van der Waals surface area contributed by atoms with Crippen LogP contribution in [0.1, 0.15) is 46.1 Å². The van der Waals surface area contributed by atoms with E-state index in [9.17, 15) is 4.79 Å². The van der Waals surface area contributed by atoms with Gasteiger partial charge in [0, 0.05) is 48.9 Å². The van der Waals surface area contributed by atoms with Gasteiger partial charge >= 0.3 is 0 Å². The summed E-state index contributed by atoms with van der Waals surface area (Å²) in [6.45, 7) is 10.4. The number of nitrogens with one attached hydrogen (secondary N) is 3. The minimum absolute atomic E-state index is 0.0455. The Kier molecular flexibility index (Phi) is 7.81. The Bertz CT molecular complexity index is 844. The second-order valence-electron chi connectivity index (χ2n) is 9.66. The summed E-state index contributed by atoms with van der Waals surface area (Å²) in [5.41, 5.74) is 6.18. The fourth-order valence-electron chi connectivity index (χ4n) is 5.33. The van der Waals surface area contributed by atoms with Gasteiger partial charge in [0.05, 0.1) is 10.6 Å². The molecule has 3 rings (SSSR count). The molecule has 1 aliphatic heterocycles. The second kappa shape index (κ2) is 10.0. The van der Waals surface area contributed by atoms with Crippen LogP contribution in [0.25, 0.3) is 0 Å². The summed E-state index contributed by atoms with van der Waals surface area (Å²) in [4.78, 5) is 13.7. The number of hydrazine groups is 1. The van der Waals surface area contributed by atoms with E-state index in [1.165, 1.54) is 0 Å². The Morgan fingerprint density at radius 1 is 1.25 bits per heavy atom. The maximum atomic E-state index is 11.5. The first-order chi connectivity index (χ1) is 15.1. The summed E-state index contributed by atoms with van der Waals surface area (Å²) >= 11 is 6.18. The van der Waals surface area contributed by atoms with Gasteiger partial charge in [0.1, 0.15) is 30.4 Å². The molecular formula is C23H34ClN5O3. The van der Waals surface area contributed by atoms with Crippen molar-refractivity contribution < 1.29 is 14.3 Å². The molecule has 2 aliphatic rings. The summed E-state index contributed by atoms with van der Waals surface area (Å²) in [6, 6.07) is 7.40. The Morgan fingerprint density at radius 2 is 1.91 bits per heavy atom. The predicted octanol–water partition coefficient (Wildman–Crippen LogP) is 2.63. The number of carbonyl (C=O) groups is 1. The minimum atomic E-state index is -0.320. The molecule has 9 heteroatoms. The number of rotatable bonds is 9. The minimum Gasteiger partial charge on any atom is -0.489 e. The smallest absolute Gasteiger partial charge is 0.180 e. The van der Waals surface area contributed by atoms with Crippen LogP contribution in [0.4, 0.5) is 0 Å². The number of ether oxygens (including phenoxy) is 2. The van der Waals surface area contributed by atoms with Crippen LogP contribution in [-0.4, -0.2) is 56.0 Å². The Labute approximate surface area is 195 Å². The van der Waals surface area contributed by atoms with Crippen molar-refractivity contribution in [1.82, 2.24) is 21.1 Å². The van der Waals surface area contributed by atoms with Gasteiger partial charge in [-0.15, -0.1) is 0 Å². The van der Waals surface area contributed by atoms with E-state index in [0.29, 0.717) is 54.8 Å². The highest BCUT2D eigenvalue weighted by atomic mass is 35.5. The number of nitrogens with zero attached hydrogens (tertiary/aromatic N) is 2. The molecule has 0 spiro atoms. The van der Waals surface area contributed by atoms with Crippen LogP contribution in [0, 0.1) is 22.2 Å². The molecule has 1 aliphatic carbocycles. The highest BCUT2D eigenvalue weighted by Gasteiger charge is 2.63. The van der Waals surface area contributed by atoms with E-state index in [1.54, 1.807) is 25.2 Å². The summed E-state index contributed by atoms with van der Waals surface area (Å²) in [7, 11) is 1.80. The number of nitriles is 1. The highest BCUT2D eigenvalue weighted by molar-refractivity contribution is 6.31. The van der Waals surface area contributed by atoms with Gasteiger partial charge in [-0.05, 0) is 19.2 Å². The lowest BCUT2D eigenvalue weighted by Crippen LogP contribution is -2.74. The zero-order valence-corrected chi connectivity index (χ0v) is 20.3. The third-order valence-electron chi connectivity index (χ3n) is 6.64. The molecule has 1 unspecified atom stereocenters. The maximum Gasteiger partial charge on any atom is 0.180 e. The molecule has 1 saturated carbocycles. The van der Waals surface area contributed by atoms with Gasteiger partial charge in [-0.25, -0.2) is 5.43 Å². The zero-order valence-electron chi connectivity index (χ0n) is 19.5. The second-order valence-corrected chi connectivity index (χ2v) is 10.1. The van der Waals surface area contributed by atoms with Gasteiger partial charge in [-0.3, -0.25) is 20.4 Å². The number of Topliss-reactive ketones (excluding diaryl/α,β-unsaturated/α-hetero) is 1. The highest BCUT2D eigenvalue weighted by Crippen LogP contribution is 2.55. The van der Waals surface area contributed by atoms with Crippen molar-refractivity contribution in [2.45, 2.75) is 59.0 Å². The van der Waals surface area contributed by atoms with Crippen molar-refractivity contribution in [3.8, 4) is 11.8 Å². The van der Waals surface area contributed by atoms with E-state index in [2.05, 4.69) is 54.8 Å². The molecule has 1 aromatic carbocycles.